The van der Waals surface area contributed by atoms with Crippen molar-refractivity contribution in [2.45, 2.75) is 45.6 Å². The molecule has 0 saturated carbocycles. The highest BCUT2D eigenvalue weighted by molar-refractivity contribution is 6.46. The van der Waals surface area contributed by atoms with Crippen LogP contribution in [0.15, 0.2) is 72.3 Å². The van der Waals surface area contributed by atoms with Crippen LogP contribution < -0.4 is 4.74 Å². The lowest BCUT2D eigenvalue weighted by atomic mass is 9.94. The van der Waals surface area contributed by atoms with Crippen LogP contribution in [0.2, 0.25) is 0 Å². The number of fused-ring (bicyclic) bond motifs is 1. The van der Waals surface area contributed by atoms with E-state index in [4.69, 9.17) is 4.74 Å². The lowest BCUT2D eigenvalue weighted by molar-refractivity contribution is -0.139. The minimum atomic E-state index is -0.649. The molecule has 0 aliphatic carbocycles. The molecule has 5 heteroatoms. The lowest BCUT2D eigenvalue weighted by Crippen LogP contribution is -2.30. The summed E-state index contributed by atoms with van der Waals surface area (Å²) < 4.78 is 5.82. The van der Waals surface area contributed by atoms with Gasteiger partial charge >= 0.3 is 0 Å². The maximum atomic E-state index is 13.1. The Morgan fingerprint density at radius 3 is 2.35 bits per heavy atom. The summed E-state index contributed by atoms with van der Waals surface area (Å²) in [7, 11) is 0. The molecule has 1 atom stereocenters. The third-order valence-electron chi connectivity index (χ3n) is 6.24. The molecule has 1 aliphatic heterocycles. The second-order valence-electron chi connectivity index (χ2n) is 8.68. The van der Waals surface area contributed by atoms with E-state index >= 15 is 0 Å². The molecule has 1 N–H and O–H groups in total. The van der Waals surface area contributed by atoms with Crippen LogP contribution >= 0.6 is 0 Å². The molecule has 4 rings (SSSR count). The number of nitrogens with zero attached hydrogens (tertiary/aromatic N) is 1. The minimum Gasteiger partial charge on any atom is -0.507 e. The smallest absolute Gasteiger partial charge is 0.295 e. The van der Waals surface area contributed by atoms with Crippen LogP contribution in [0.3, 0.4) is 0 Å². The predicted molar refractivity (Wildman–Crippen MR) is 135 cm³/mol. The van der Waals surface area contributed by atoms with E-state index in [0.717, 1.165) is 41.3 Å². The first-order valence-electron chi connectivity index (χ1n) is 12.1. The number of likely N-dealkylation sites (tertiary alicyclic amines) is 1. The highest BCUT2D eigenvalue weighted by atomic mass is 16.5. The SMILES string of the molecule is CCCCCOc1ccc(C2/C(=C(/O)c3ccc4ccccc4c3)C(=O)C(=O)N2CCC)cc1. The Bertz CT molecular complexity index is 1210. The molecule has 0 bridgehead atoms. The third kappa shape index (κ3) is 4.69. The van der Waals surface area contributed by atoms with Crippen LogP contribution in [0, 0.1) is 0 Å². The van der Waals surface area contributed by atoms with E-state index in [2.05, 4.69) is 6.92 Å². The molecule has 1 amide bonds. The second kappa shape index (κ2) is 10.6. The highest BCUT2D eigenvalue weighted by Crippen LogP contribution is 2.40. The quantitative estimate of drug-likeness (QED) is 0.179. The summed E-state index contributed by atoms with van der Waals surface area (Å²) in [6.45, 7) is 5.20. The number of hydrogen-bond acceptors (Lipinski definition) is 4. The Kier molecular flexibility index (Phi) is 7.31. The summed E-state index contributed by atoms with van der Waals surface area (Å²) in [4.78, 5) is 27.6. The molecule has 176 valence electrons. The summed E-state index contributed by atoms with van der Waals surface area (Å²) in [5.74, 6) is -0.618. The maximum Gasteiger partial charge on any atom is 0.295 e. The summed E-state index contributed by atoms with van der Waals surface area (Å²) in [5, 5.41) is 13.3. The number of rotatable bonds is 9. The molecule has 1 saturated heterocycles. The molecule has 34 heavy (non-hydrogen) atoms. The number of hydrogen-bond donors (Lipinski definition) is 1. The number of carbonyl (C=O) groups is 2. The number of ether oxygens (including phenoxy) is 1. The molecular weight excluding hydrogens is 426 g/mol. The Labute approximate surface area is 200 Å². The number of carbonyl (C=O) groups excluding carboxylic acids is 2. The zero-order valence-electron chi connectivity index (χ0n) is 19.8. The van der Waals surface area contributed by atoms with Crippen molar-refractivity contribution in [3.8, 4) is 5.75 Å². The molecule has 3 aromatic rings. The van der Waals surface area contributed by atoms with E-state index in [-0.39, 0.29) is 11.3 Å². The molecule has 1 aliphatic rings. The van der Waals surface area contributed by atoms with Gasteiger partial charge < -0.3 is 14.7 Å². The van der Waals surface area contributed by atoms with Crippen molar-refractivity contribution in [3.05, 3.63) is 83.4 Å². The summed E-state index contributed by atoms with van der Waals surface area (Å²) >= 11 is 0. The third-order valence-corrected chi connectivity index (χ3v) is 6.24. The molecule has 1 heterocycles. The average molecular weight is 458 g/mol. The van der Waals surface area contributed by atoms with Crippen LogP contribution in [-0.4, -0.2) is 34.8 Å². The Hall–Kier alpha value is -3.60. The first-order chi connectivity index (χ1) is 16.5. The number of ketones is 1. The van der Waals surface area contributed by atoms with Gasteiger partial charge in [0.05, 0.1) is 18.2 Å². The largest absolute Gasteiger partial charge is 0.507 e. The predicted octanol–water partition coefficient (Wildman–Crippen LogP) is 6.24. The van der Waals surface area contributed by atoms with Crippen LogP contribution in [0.5, 0.6) is 5.75 Å². The van der Waals surface area contributed by atoms with Gasteiger partial charge in [-0.3, -0.25) is 9.59 Å². The molecule has 0 aromatic heterocycles. The number of unbranched alkanes of at least 4 members (excludes halogenated alkanes) is 2. The van der Waals surface area contributed by atoms with Gasteiger partial charge in [-0.1, -0.05) is 75.2 Å². The topological polar surface area (TPSA) is 66.8 Å². The number of aliphatic hydroxyl groups is 1. The first kappa shape index (κ1) is 23.6. The number of benzene rings is 3. The summed E-state index contributed by atoms with van der Waals surface area (Å²) in [6.07, 6.45) is 3.96. The van der Waals surface area contributed by atoms with Crippen molar-refractivity contribution in [1.29, 1.82) is 0 Å². The standard InChI is InChI=1S/C29H31NO4/c1-3-5-8-18-34-24-15-13-21(14-16-24)26-25(28(32)29(33)30(26)17-4-2)27(31)23-12-11-20-9-6-7-10-22(20)19-23/h6-7,9-16,19,26,31H,3-5,8,17-18H2,1-2H3/b27-25-. The highest BCUT2D eigenvalue weighted by Gasteiger charge is 2.45. The number of aliphatic hydroxyl groups excluding tert-OH is 1. The van der Waals surface area contributed by atoms with E-state index in [1.807, 2.05) is 67.6 Å². The van der Waals surface area contributed by atoms with Gasteiger partial charge in [-0.25, -0.2) is 0 Å². The fourth-order valence-corrected chi connectivity index (χ4v) is 4.48. The average Bonchev–Trinajstić information content (AvgIpc) is 3.11. The molecular formula is C29H31NO4. The first-order valence-corrected chi connectivity index (χ1v) is 12.1. The van der Waals surface area contributed by atoms with Gasteiger partial charge in [0.2, 0.25) is 0 Å². The summed E-state index contributed by atoms with van der Waals surface area (Å²) in [5.41, 5.74) is 1.43. The zero-order valence-corrected chi connectivity index (χ0v) is 19.8. The van der Waals surface area contributed by atoms with Crippen molar-refractivity contribution in [2.24, 2.45) is 0 Å². The van der Waals surface area contributed by atoms with Gasteiger partial charge in [-0.05, 0) is 47.4 Å². The molecule has 5 nitrogen and oxygen atoms in total. The normalized spacial score (nSPS) is 17.5. The Balaban J connectivity index is 1.72. The van der Waals surface area contributed by atoms with E-state index in [9.17, 15) is 14.7 Å². The van der Waals surface area contributed by atoms with Crippen LogP contribution in [-0.2, 0) is 9.59 Å². The fraction of sp³-hybridized carbons (Fsp3) is 0.310. The molecule has 0 radical (unpaired) electrons. The zero-order chi connectivity index (χ0) is 24.1. The molecule has 3 aromatic carbocycles. The van der Waals surface area contributed by atoms with E-state index in [0.29, 0.717) is 25.1 Å². The monoisotopic (exact) mass is 457 g/mol. The Morgan fingerprint density at radius 1 is 0.912 bits per heavy atom. The molecule has 1 fully saturated rings. The van der Waals surface area contributed by atoms with Gasteiger partial charge in [0.15, 0.2) is 0 Å². The van der Waals surface area contributed by atoms with Gasteiger partial charge in [0.1, 0.15) is 11.5 Å². The van der Waals surface area contributed by atoms with Crippen LogP contribution in [0.25, 0.3) is 16.5 Å². The summed E-state index contributed by atoms with van der Waals surface area (Å²) in [6, 6.07) is 20.2. The van der Waals surface area contributed by atoms with Gasteiger partial charge in [0, 0.05) is 12.1 Å². The van der Waals surface area contributed by atoms with Crippen molar-refractivity contribution < 1.29 is 19.4 Å². The lowest BCUT2D eigenvalue weighted by Gasteiger charge is -2.25. The Morgan fingerprint density at radius 2 is 1.65 bits per heavy atom. The van der Waals surface area contributed by atoms with Crippen molar-refractivity contribution in [2.75, 3.05) is 13.2 Å². The van der Waals surface area contributed by atoms with Gasteiger partial charge in [-0.15, -0.1) is 0 Å². The van der Waals surface area contributed by atoms with E-state index in [1.54, 1.807) is 11.0 Å². The van der Waals surface area contributed by atoms with Crippen molar-refractivity contribution >= 4 is 28.2 Å². The van der Waals surface area contributed by atoms with Crippen molar-refractivity contribution in [3.63, 3.8) is 0 Å². The van der Waals surface area contributed by atoms with Gasteiger partial charge in [0.25, 0.3) is 11.7 Å². The van der Waals surface area contributed by atoms with Crippen LogP contribution in [0.4, 0.5) is 0 Å². The maximum absolute atomic E-state index is 13.1. The molecule has 0 spiro atoms. The number of Topliss-reactive ketones (excluding diaryl/α,β-unsaturated/α-hetero) is 1. The fourth-order valence-electron chi connectivity index (χ4n) is 4.48. The van der Waals surface area contributed by atoms with Crippen LogP contribution in [0.1, 0.15) is 56.7 Å². The molecule has 1 unspecified atom stereocenters. The van der Waals surface area contributed by atoms with Crippen molar-refractivity contribution in [1.82, 2.24) is 4.90 Å². The van der Waals surface area contributed by atoms with E-state index in [1.165, 1.54) is 0 Å². The minimum absolute atomic E-state index is 0.130. The van der Waals surface area contributed by atoms with Gasteiger partial charge in [-0.2, -0.15) is 0 Å². The second-order valence-corrected chi connectivity index (χ2v) is 8.68. The number of amides is 1. The van der Waals surface area contributed by atoms with E-state index < -0.39 is 17.7 Å².